The lowest BCUT2D eigenvalue weighted by molar-refractivity contribution is 0.0188. The van der Waals surface area contributed by atoms with Gasteiger partial charge in [0.05, 0.1) is 24.1 Å². The van der Waals surface area contributed by atoms with Crippen molar-refractivity contribution in [1.82, 2.24) is 34.5 Å². The highest BCUT2D eigenvalue weighted by atomic mass is 127. The number of nitrogens with zero attached hydrogens (tertiary/aromatic N) is 6. The highest BCUT2D eigenvalue weighted by molar-refractivity contribution is 14.1. The van der Waals surface area contributed by atoms with Crippen molar-refractivity contribution < 1.29 is 4.84 Å². The summed E-state index contributed by atoms with van der Waals surface area (Å²) in [6.45, 7) is 0. The van der Waals surface area contributed by atoms with Gasteiger partial charge in [0.15, 0.2) is 11.3 Å². The Balaban J connectivity index is 1.52. The second-order valence-corrected chi connectivity index (χ2v) is 7.55. The molecule has 9 heteroatoms. The number of nitrogens with one attached hydrogen (secondary N) is 1. The van der Waals surface area contributed by atoms with E-state index in [4.69, 9.17) is 4.84 Å². The van der Waals surface area contributed by atoms with E-state index in [1.165, 1.54) is 4.85 Å². The molecule has 5 rings (SSSR count). The molecule has 0 aliphatic heterocycles. The summed E-state index contributed by atoms with van der Waals surface area (Å²) < 4.78 is 2.53. The molecule has 122 valence electrons. The van der Waals surface area contributed by atoms with Crippen molar-refractivity contribution in [3.05, 3.63) is 42.7 Å². The molecule has 0 spiro atoms. The molecule has 3 atom stereocenters. The number of fused-ring (bicyclic) bond motifs is 3. The maximum Gasteiger partial charge on any atom is 0.179 e. The van der Waals surface area contributed by atoms with Crippen molar-refractivity contribution in [3.63, 3.8) is 0 Å². The number of rotatable bonds is 3. The van der Waals surface area contributed by atoms with Crippen LogP contribution in [0.1, 0.15) is 24.6 Å². The van der Waals surface area contributed by atoms with Gasteiger partial charge in [-0.2, -0.15) is 0 Å². The van der Waals surface area contributed by atoms with Gasteiger partial charge in [0.2, 0.25) is 0 Å². The summed E-state index contributed by atoms with van der Waals surface area (Å²) in [4.78, 5) is 15.0. The molecule has 0 radical (unpaired) electrons. The maximum atomic E-state index is 5.92. The quantitative estimate of drug-likeness (QED) is 0.393. The minimum absolute atomic E-state index is 0.118. The fourth-order valence-corrected chi connectivity index (χ4v) is 4.59. The van der Waals surface area contributed by atoms with Crippen molar-refractivity contribution in [3.8, 4) is 0 Å². The summed E-state index contributed by atoms with van der Waals surface area (Å²) in [5.41, 5.74) is 2.63. The van der Waals surface area contributed by atoms with Gasteiger partial charge in [0.25, 0.3) is 0 Å². The van der Waals surface area contributed by atoms with Crippen LogP contribution in [0.3, 0.4) is 0 Å². The van der Waals surface area contributed by atoms with Crippen LogP contribution in [0.2, 0.25) is 0 Å². The van der Waals surface area contributed by atoms with Gasteiger partial charge in [-0.3, -0.25) is 4.40 Å². The molecular formula is C15H14IN7O. The number of aromatic amines is 1. The van der Waals surface area contributed by atoms with Crippen molar-refractivity contribution >= 4 is 39.4 Å². The molecular weight excluding hydrogens is 421 g/mol. The maximum absolute atomic E-state index is 5.92. The number of alkyl halides is 1. The molecule has 1 aliphatic carbocycles. The van der Waals surface area contributed by atoms with Crippen molar-refractivity contribution in [1.29, 1.82) is 0 Å². The lowest BCUT2D eigenvalue weighted by Gasteiger charge is -2.13. The molecule has 8 nitrogen and oxygen atoms in total. The van der Waals surface area contributed by atoms with Crippen molar-refractivity contribution in [2.75, 3.05) is 0 Å². The molecule has 24 heavy (non-hydrogen) atoms. The Morgan fingerprint density at radius 1 is 1.29 bits per heavy atom. The summed E-state index contributed by atoms with van der Waals surface area (Å²) >= 11 is 2.49. The van der Waals surface area contributed by atoms with Crippen LogP contribution in [-0.2, 0) is 0 Å². The SMILES string of the molecule is I[C@@H]1C[C@@H](On2cccn2)C[C@@H]1c1nnc2cnc3[nH]ccc3n12. The predicted octanol–water partition coefficient (Wildman–Crippen LogP) is 1.98. The predicted molar refractivity (Wildman–Crippen MR) is 95.0 cm³/mol. The van der Waals surface area contributed by atoms with Crippen LogP contribution < -0.4 is 4.84 Å². The molecule has 0 amide bonds. The van der Waals surface area contributed by atoms with Crippen LogP contribution in [0.15, 0.2) is 36.9 Å². The van der Waals surface area contributed by atoms with Crippen molar-refractivity contribution in [2.45, 2.75) is 28.8 Å². The Labute approximate surface area is 150 Å². The minimum atomic E-state index is 0.118. The van der Waals surface area contributed by atoms with Crippen molar-refractivity contribution in [2.24, 2.45) is 0 Å². The fourth-order valence-electron chi connectivity index (χ4n) is 3.40. The van der Waals surface area contributed by atoms with Crippen LogP contribution >= 0.6 is 22.6 Å². The molecule has 1 N–H and O–H groups in total. The van der Waals surface area contributed by atoms with Crippen LogP contribution in [0.4, 0.5) is 0 Å². The molecule has 0 aromatic carbocycles. The largest absolute Gasteiger partial charge is 0.393 e. The first kappa shape index (κ1) is 14.2. The molecule has 4 aromatic heterocycles. The van der Waals surface area contributed by atoms with Gasteiger partial charge in [-0.1, -0.05) is 22.6 Å². The number of hydrogen-bond acceptors (Lipinski definition) is 5. The Morgan fingerprint density at radius 2 is 2.25 bits per heavy atom. The Kier molecular flexibility index (Phi) is 3.21. The van der Waals surface area contributed by atoms with E-state index in [-0.39, 0.29) is 12.0 Å². The first-order valence-corrected chi connectivity index (χ1v) is 9.02. The summed E-state index contributed by atoms with van der Waals surface area (Å²) in [5, 5.41) is 12.9. The lowest BCUT2D eigenvalue weighted by Crippen LogP contribution is -2.23. The van der Waals surface area contributed by atoms with Gasteiger partial charge >= 0.3 is 0 Å². The van der Waals surface area contributed by atoms with Crippen LogP contribution in [0.5, 0.6) is 0 Å². The van der Waals surface area contributed by atoms with Gasteiger partial charge in [-0.05, 0) is 25.0 Å². The highest BCUT2D eigenvalue weighted by Crippen LogP contribution is 2.40. The summed E-state index contributed by atoms with van der Waals surface area (Å²) in [7, 11) is 0. The third-order valence-corrected chi connectivity index (χ3v) is 5.85. The first-order chi connectivity index (χ1) is 11.8. The van der Waals surface area contributed by atoms with Gasteiger partial charge in [0, 0.05) is 16.0 Å². The third-order valence-electron chi connectivity index (χ3n) is 4.48. The fraction of sp³-hybridized carbons (Fsp3) is 0.333. The van der Waals surface area contributed by atoms with Gasteiger partial charge < -0.3 is 9.82 Å². The van der Waals surface area contributed by atoms with Gasteiger partial charge in [-0.25, -0.2) is 4.98 Å². The first-order valence-electron chi connectivity index (χ1n) is 7.77. The topological polar surface area (TPSA) is 85.9 Å². The molecule has 1 fully saturated rings. The van der Waals surface area contributed by atoms with E-state index in [0.717, 1.165) is 35.5 Å². The van der Waals surface area contributed by atoms with E-state index in [2.05, 4.69) is 52.3 Å². The number of H-pyrrole nitrogens is 1. The normalized spacial score (nSPS) is 24.1. The van der Waals surface area contributed by atoms with Gasteiger partial charge in [-0.15, -0.1) is 20.1 Å². The molecule has 0 unspecified atom stereocenters. The van der Waals surface area contributed by atoms with Crippen LogP contribution in [-0.4, -0.2) is 44.5 Å². The van der Waals surface area contributed by atoms with E-state index < -0.39 is 0 Å². The second-order valence-electron chi connectivity index (χ2n) is 5.95. The molecule has 4 aromatic rings. The van der Waals surface area contributed by atoms with E-state index in [1.54, 1.807) is 12.4 Å². The average Bonchev–Trinajstić information content (AvgIpc) is 3.32. The monoisotopic (exact) mass is 435 g/mol. The Bertz CT molecular complexity index is 992. The second kappa shape index (κ2) is 5.43. The number of halogens is 1. The Hall–Kier alpha value is -2.17. The zero-order valence-corrected chi connectivity index (χ0v) is 14.7. The molecule has 0 bridgehead atoms. The summed E-state index contributed by atoms with van der Waals surface area (Å²) in [5.74, 6) is 1.25. The number of hydrogen-bond donors (Lipinski definition) is 1. The van der Waals surface area contributed by atoms with Gasteiger partial charge in [0.1, 0.15) is 11.9 Å². The summed E-state index contributed by atoms with van der Waals surface area (Å²) in [6, 6.07) is 3.87. The third kappa shape index (κ3) is 2.18. The highest BCUT2D eigenvalue weighted by Gasteiger charge is 2.38. The molecule has 4 heterocycles. The minimum Gasteiger partial charge on any atom is -0.393 e. The zero-order valence-electron chi connectivity index (χ0n) is 12.6. The number of aromatic nitrogens is 7. The average molecular weight is 435 g/mol. The lowest BCUT2D eigenvalue weighted by atomic mass is 10.1. The van der Waals surface area contributed by atoms with E-state index in [1.807, 2.05) is 24.5 Å². The van der Waals surface area contributed by atoms with E-state index >= 15 is 0 Å². The standard InChI is InChI=1S/C15H14IN7O/c16-11-7-9(24-22-5-1-3-19-22)6-10(11)15-21-20-13-8-18-14-12(23(13)15)2-4-17-14/h1-5,8-11,17H,6-7H2/t9-,10-,11+/m0/s1. The molecule has 1 saturated carbocycles. The molecule has 1 aliphatic rings. The smallest absolute Gasteiger partial charge is 0.179 e. The zero-order chi connectivity index (χ0) is 16.1. The van der Waals surface area contributed by atoms with Crippen LogP contribution in [0.25, 0.3) is 16.8 Å². The summed E-state index contributed by atoms with van der Waals surface area (Å²) in [6.07, 6.45) is 9.15. The van der Waals surface area contributed by atoms with Crippen LogP contribution in [0, 0.1) is 0 Å². The molecule has 0 saturated heterocycles. The van der Waals surface area contributed by atoms with E-state index in [0.29, 0.717) is 3.92 Å². The Morgan fingerprint density at radius 3 is 3.12 bits per heavy atom. The van der Waals surface area contributed by atoms with E-state index in [9.17, 15) is 0 Å².